The molecule has 1 fully saturated rings. The van der Waals surface area contributed by atoms with E-state index in [0.717, 1.165) is 18.2 Å². The van der Waals surface area contributed by atoms with Gasteiger partial charge in [0.25, 0.3) is 0 Å². The van der Waals surface area contributed by atoms with E-state index in [0.29, 0.717) is 17.1 Å². The van der Waals surface area contributed by atoms with Crippen molar-refractivity contribution in [3.05, 3.63) is 30.5 Å². The molecule has 0 saturated heterocycles. The number of hydrogen-bond donors (Lipinski definition) is 2. The van der Waals surface area contributed by atoms with Gasteiger partial charge in [0.1, 0.15) is 5.82 Å². The minimum absolute atomic E-state index is 0. The Bertz CT molecular complexity index is 679. The van der Waals surface area contributed by atoms with Crippen LogP contribution in [0.5, 0.6) is 0 Å². The number of carbonyl (C=O) groups is 1. The molecule has 0 amide bonds. The topological polar surface area (TPSA) is 128 Å². The SMILES string of the molecule is Nc1nccc2cc(S[C@H]3CC[C@H](N)CC3)ccc12.O=C([O-])[O-].[K+].[K+]. The van der Waals surface area contributed by atoms with Gasteiger partial charge in [-0.1, -0.05) is 0 Å². The van der Waals surface area contributed by atoms with E-state index in [1.807, 2.05) is 17.8 Å². The summed E-state index contributed by atoms with van der Waals surface area (Å²) in [6.45, 7) is 0. The molecule has 6 nitrogen and oxygen atoms in total. The molecule has 0 unspecified atom stereocenters. The summed E-state index contributed by atoms with van der Waals surface area (Å²) in [5, 5.41) is 19.6. The number of nitrogens with zero attached hydrogens (tertiary/aromatic N) is 1. The molecule has 124 valence electrons. The first kappa shape index (κ1) is 26.3. The van der Waals surface area contributed by atoms with Crippen LogP contribution in [-0.2, 0) is 0 Å². The molecule has 9 heteroatoms. The standard InChI is InChI=1S/C15H19N3S.CH2O3.2K/c16-11-1-3-12(4-2-11)19-13-5-6-14-10(9-13)7-8-18-15(14)17;2-1(3)4;;/h5-9,11-12H,1-4,16H2,(H2,17,18);(H2,2,3,4);;/q;;2*+1/p-2/t11-,12-;;;. The van der Waals surface area contributed by atoms with Crippen molar-refractivity contribution < 1.29 is 118 Å². The van der Waals surface area contributed by atoms with Crippen molar-refractivity contribution in [2.45, 2.75) is 41.9 Å². The van der Waals surface area contributed by atoms with Crippen molar-refractivity contribution in [3.8, 4) is 0 Å². The van der Waals surface area contributed by atoms with E-state index in [1.165, 1.54) is 23.1 Å². The Kier molecular flexibility index (Phi) is 14.1. The molecule has 0 bridgehead atoms. The number of nitrogen functional groups attached to an aromatic ring is 1. The zero-order chi connectivity index (χ0) is 16.8. The molecule has 1 heterocycles. The summed E-state index contributed by atoms with van der Waals surface area (Å²) >= 11 is 1.97. The summed E-state index contributed by atoms with van der Waals surface area (Å²) in [5.74, 6) is 0.609. The normalized spacial score (nSPS) is 18.9. The molecule has 0 spiro atoms. The van der Waals surface area contributed by atoms with Gasteiger partial charge >= 0.3 is 103 Å². The van der Waals surface area contributed by atoms with Crippen LogP contribution in [0.25, 0.3) is 10.8 Å². The van der Waals surface area contributed by atoms with Gasteiger partial charge in [-0.05, 0) is 61.5 Å². The Morgan fingerprint density at radius 1 is 1.12 bits per heavy atom. The van der Waals surface area contributed by atoms with E-state index in [2.05, 4.69) is 23.2 Å². The number of hydrogen-bond acceptors (Lipinski definition) is 7. The second-order valence-corrected chi connectivity index (χ2v) is 6.86. The van der Waals surface area contributed by atoms with Crippen LogP contribution >= 0.6 is 11.8 Å². The summed E-state index contributed by atoms with van der Waals surface area (Å²) < 4.78 is 0. The van der Waals surface area contributed by atoms with Gasteiger partial charge in [0.15, 0.2) is 0 Å². The Morgan fingerprint density at radius 3 is 2.32 bits per heavy atom. The van der Waals surface area contributed by atoms with E-state index in [1.54, 1.807) is 6.20 Å². The summed E-state index contributed by atoms with van der Waals surface area (Å²) in [6.07, 6.45) is 4.20. The van der Waals surface area contributed by atoms with Crippen LogP contribution in [0, 0.1) is 0 Å². The Labute approximate surface area is 236 Å². The van der Waals surface area contributed by atoms with Crippen molar-refractivity contribution in [1.29, 1.82) is 0 Å². The number of aromatic nitrogens is 1. The van der Waals surface area contributed by atoms with Crippen LogP contribution in [0.1, 0.15) is 25.7 Å². The van der Waals surface area contributed by atoms with Crippen molar-refractivity contribution in [1.82, 2.24) is 4.98 Å². The van der Waals surface area contributed by atoms with Crippen LogP contribution in [0.3, 0.4) is 0 Å². The third-order valence-electron chi connectivity index (χ3n) is 3.79. The molecule has 1 aromatic carbocycles. The molecule has 2 aromatic rings. The average molecular weight is 412 g/mol. The first-order valence-electron chi connectivity index (χ1n) is 7.40. The molecule has 0 atom stereocenters. The van der Waals surface area contributed by atoms with Gasteiger partial charge in [-0.25, -0.2) is 4.98 Å². The van der Waals surface area contributed by atoms with E-state index >= 15 is 0 Å². The van der Waals surface area contributed by atoms with Gasteiger partial charge in [-0.15, -0.1) is 11.8 Å². The second kappa shape index (κ2) is 13.5. The minimum Gasteiger partial charge on any atom is -0.652 e. The number of pyridine rings is 1. The summed E-state index contributed by atoms with van der Waals surface area (Å²) in [7, 11) is 0. The third-order valence-corrected chi connectivity index (χ3v) is 5.12. The fourth-order valence-corrected chi connectivity index (χ4v) is 3.89. The quantitative estimate of drug-likeness (QED) is 0.473. The largest absolute Gasteiger partial charge is 1.00 e. The van der Waals surface area contributed by atoms with Crippen LogP contribution < -0.4 is 124 Å². The minimum atomic E-state index is -2.33. The molecular weight excluding hydrogens is 392 g/mol. The van der Waals surface area contributed by atoms with Gasteiger partial charge < -0.3 is 26.5 Å². The smallest absolute Gasteiger partial charge is 0.652 e. The van der Waals surface area contributed by atoms with Crippen LogP contribution in [0.15, 0.2) is 35.4 Å². The number of rotatable bonds is 2. The Morgan fingerprint density at radius 2 is 1.72 bits per heavy atom. The fourth-order valence-electron chi connectivity index (χ4n) is 2.65. The molecule has 4 N–H and O–H groups in total. The Balaban J connectivity index is 0.000000874. The molecule has 3 rings (SSSR count). The fraction of sp³-hybridized carbons (Fsp3) is 0.375. The molecule has 1 aliphatic carbocycles. The third kappa shape index (κ3) is 9.35. The molecule has 0 radical (unpaired) electrons. The summed E-state index contributed by atoms with van der Waals surface area (Å²) in [4.78, 5) is 13.8. The molecule has 1 aliphatic rings. The predicted molar refractivity (Wildman–Crippen MR) is 87.6 cm³/mol. The van der Waals surface area contributed by atoms with E-state index in [9.17, 15) is 0 Å². The van der Waals surface area contributed by atoms with Crippen LogP contribution in [-0.4, -0.2) is 22.4 Å². The zero-order valence-electron chi connectivity index (χ0n) is 14.6. The number of carboxylic acid groups (broad SMARTS) is 2. The van der Waals surface area contributed by atoms with Gasteiger partial charge in [-0.3, -0.25) is 0 Å². The predicted octanol–water partition coefficient (Wildman–Crippen LogP) is -5.26. The van der Waals surface area contributed by atoms with Gasteiger partial charge in [-0.2, -0.15) is 0 Å². The maximum absolute atomic E-state index is 8.33. The Hall–Kier alpha value is 1.28. The van der Waals surface area contributed by atoms with Crippen LogP contribution in [0.2, 0.25) is 0 Å². The molecule has 1 aromatic heterocycles. The number of fused-ring (bicyclic) bond motifs is 1. The average Bonchev–Trinajstić information content (AvgIpc) is 2.49. The van der Waals surface area contributed by atoms with Gasteiger partial charge in [0.2, 0.25) is 0 Å². The van der Waals surface area contributed by atoms with Crippen molar-refractivity contribution >= 4 is 34.5 Å². The number of thioether (sulfide) groups is 1. The molecule has 0 aliphatic heterocycles. The maximum Gasteiger partial charge on any atom is 1.00 e. The van der Waals surface area contributed by atoms with Crippen molar-refractivity contribution in [3.63, 3.8) is 0 Å². The zero-order valence-corrected chi connectivity index (χ0v) is 21.7. The number of anilines is 1. The number of nitrogens with two attached hydrogens (primary N) is 2. The van der Waals surface area contributed by atoms with Crippen LogP contribution in [0.4, 0.5) is 10.6 Å². The maximum atomic E-state index is 8.33. The number of carbonyl (C=O) groups excluding carboxylic acids is 1. The van der Waals surface area contributed by atoms with Gasteiger partial charge in [0.05, 0.1) is 0 Å². The second-order valence-electron chi connectivity index (χ2n) is 5.48. The van der Waals surface area contributed by atoms with E-state index < -0.39 is 6.16 Å². The molecule has 1 saturated carbocycles. The molecule has 25 heavy (non-hydrogen) atoms. The van der Waals surface area contributed by atoms with Crippen molar-refractivity contribution in [2.24, 2.45) is 5.73 Å². The summed E-state index contributed by atoms with van der Waals surface area (Å²) in [5.41, 5.74) is 11.8. The molecular formula is C16H19K2N3O3S. The number of benzene rings is 1. The monoisotopic (exact) mass is 411 g/mol. The van der Waals surface area contributed by atoms with Gasteiger partial charge in [0, 0.05) is 27.8 Å². The summed E-state index contributed by atoms with van der Waals surface area (Å²) in [6, 6.07) is 8.88. The first-order valence-corrected chi connectivity index (χ1v) is 8.28. The first-order chi connectivity index (χ1) is 11.0. The van der Waals surface area contributed by atoms with E-state index in [-0.39, 0.29) is 103 Å². The van der Waals surface area contributed by atoms with E-state index in [4.69, 9.17) is 26.5 Å². The van der Waals surface area contributed by atoms with Crippen molar-refractivity contribution in [2.75, 3.05) is 5.73 Å².